The zero-order valence-corrected chi connectivity index (χ0v) is 25.6. The van der Waals surface area contributed by atoms with Gasteiger partial charge in [-0.25, -0.2) is 0 Å². The van der Waals surface area contributed by atoms with E-state index in [2.05, 4.69) is 0 Å². The standard InChI is InChI=1S/3C6H12O7.Ca.Na/c3*7-1-2(8)3(9)4(10)5(11)6(12)13;;/h3*2-5,7-11H,1H2,(H,12,13);;/q;;;+2;+1/p-3/t3*2-,3-,4+,5-;;/m111../s1. The number of hydrogen-bond donors (Lipinski definition) is 15. The number of carbonyl (C=O) groups is 3. The van der Waals surface area contributed by atoms with Crippen LogP contribution in [0.25, 0.3) is 0 Å². The molecule has 0 aliphatic heterocycles. The van der Waals surface area contributed by atoms with E-state index in [0.717, 1.165) is 0 Å². The number of aliphatic carboxylic acids is 3. The van der Waals surface area contributed by atoms with Gasteiger partial charge in [0.05, 0.1) is 37.7 Å². The molecule has 0 aromatic carbocycles. The topological polar surface area (TPSA) is 424 Å². The van der Waals surface area contributed by atoms with Crippen LogP contribution < -0.4 is 44.9 Å². The van der Waals surface area contributed by atoms with Gasteiger partial charge in [0, 0.05) is 0 Å². The van der Waals surface area contributed by atoms with Gasteiger partial charge in [0.15, 0.2) is 0 Å². The van der Waals surface area contributed by atoms with E-state index in [1.807, 2.05) is 0 Å². The first kappa shape index (κ1) is 50.7. The van der Waals surface area contributed by atoms with Crippen molar-refractivity contribution < 1.29 is 136 Å². The maximum absolute atomic E-state index is 9.98. The Hall–Kier alpha value is 0.0697. The van der Waals surface area contributed by atoms with Gasteiger partial charge in [-0.05, 0) is 0 Å². The second-order valence-electron chi connectivity index (χ2n) is 7.48. The molecule has 0 aromatic rings. The molecule has 0 fully saturated rings. The molecule has 0 aliphatic rings. The summed E-state index contributed by atoms with van der Waals surface area (Å²) in [6, 6.07) is 0. The van der Waals surface area contributed by atoms with Gasteiger partial charge < -0.3 is 106 Å². The predicted octanol–water partition coefficient (Wildman–Crippen LogP) is -17.9. The molecule has 21 nitrogen and oxygen atoms in total. The average Bonchev–Trinajstić information content (AvgIpc) is 2.92. The Bertz CT molecular complexity index is 615. The van der Waals surface area contributed by atoms with Crippen LogP contribution in [0.15, 0.2) is 0 Å². The zero-order valence-electron chi connectivity index (χ0n) is 21.4. The summed E-state index contributed by atoms with van der Waals surface area (Å²) < 4.78 is 0. The maximum atomic E-state index is 9.98. The van der Waals surface area contributed by atoms with Crippen molar-refractivity contribution in [3.8, 4) is 0 Å². The predicted molar refractivity (Wildman–Crippen MR) is 114 cm³/mol. The summed E-state index contributed by atoms with van der Waals surface area (Å²) in [4.78, 5) is 29.9. The van der Waals surface area contributed by atoms with Crippen molar-refractivity contribution in [1.82, 2.24) is 0 Å². The van der Waals surface area contributed by atoms with Crippen LogP contribution in [0.2, 0.25) is 0 Å². The third-order valence-corrected chi connectivity index (χ3v) is 4.49. The molecule has 0 unspecified atom stereocenters. The Kier molecular flexibility index (Phi) is 32.7. The molecule has 15 N–H and O–H groups in total. The number of aliphatic hydroxyl groups is 15. The first-order chi connectivity index (χ1) is 17.7. The van der Waals surface area contributed by atoms with Crippen LogP contribution in [0.1, 0.15) is 0 Å². The number of carbonyl (C=O) groups excluding carboxylic acids is 3. The molecule has 0 heterocycles. The minimum Gasteiger partial charge on any atom is -0.547 e. The van der Waals surface area contributed by atoms with Crippen LogP contribution in [-0.4, -0.2) is 225 Å². The summed E-state index contributed by atoms with van der Waals surface area (Å²) >= 11 is 0. The van der Waals surface area contributed by atoms with E-state index in [4.69, 9.17) is 76.6 Å². The molecule has 0 bridgehead atoms. The molecule has 0 radical (unpaired) electrons. The number of carboxylic acid groups (broad SMARTS) is 3. The van der Waals surface area contributed by atoms with Crippen molar-refractivity contribution in [2.75, 3.05) is 19.8 Å². The van der Waals surface area contributed by atoms with E-state index in [-0.39, 0.29) is 67.3 Å². The molecule has 0 aromatic heterocycles. The van der Waals surface area contributed by atoms with Crippen LogP contribution >= 0.6 is 0 Å². The Balaban J connectivity index is -0.000000154. The monoisotopic (exact) mass is 648 g/mol. The normalized spacial score (nSPS) is 19.4. The second kappa shape index (κ2) is 26.5. The quantitative estimate of drug-likeness (QED) is 0.0732. The van der Waals surface area contributed by atoms with E-state index >= 15 is 0 Å². The molecule has 0 spiro atoms. The summed E-state index contributed by atoms with van der Waals surface area (Å²) in [5.41, 5.74) is 0. The number of hydrogen-bond acceptors (Lipinski definition) is 21. The molecule has 234 valence electrons. The molecule has 41 heavy (non-hydrogen) atoms. The minimum absolute atomic E-state index is 0. The van der Waals surface area contributed by atoms with Crippen LogP contribution in [0.5, 0.6) is 0 Å². The van der Waals surface area contributed by atoms with Gasteiger partial charge in [0.2, 0.25) is 0 Å². The molecular formula is C18H33CaNaO21. The van der Waals surface area contributed by atoms with Crippen LogP contribution in [-0.2, 0) is 14.4 Å². The van der Waals surface area contributed by atoms with Crippen LogP contribution in [0.4, 0.5) is 0 Å². The maximum Gasteiger partial charge on any atom is 2.00 e. The van der Waals surface area contributed by atoms with Crippen LogP contribution in [0, 0.1) is 0 Å². The van der Waals surface area contributed by atoms with Gasteiger partial charge in [-0.2, -0.15) is 0 Å². The molecule has 0 rings (SSSR count). The molecular weight excluding hydrogens is 615 g/mol. The molecule has 0 amide bonds. The molecule has 0 saturated carbocycles. The van der Waals surface area contributed by atoms with Crippen LogP contribution in [0.3, 0.4) is 0 Å². The van der Waals surface area contributed by atoms with Gasteiger partial charge in [0.25, 0.3) is 0 Å². The molecule has 0 aliphatic carbocycles. The van der Waals surface area contributed by atoms with Crippen molar-refractivity contribution in [3.63, 3.8) is 0 Å². The fourth-order valence-electron chi connectivity index (χ4n) is 1.99. The fourth-order valence-corrected chi connectivity index (χ4v) is 1.99. The molecule has 0 saturated heterocycles. The smallest absolute Gasteiger partial charge is 0.547 e. The SMILES string of the molecule is O=C([O-])[C@H](O)[C@@H](O)[C@H](O)[C@H](O)CO.O=C([O-])[C@H](O)[C@@H](O)[C@H](O)[C@H](O)CO.O=C([O-])[C@H](O)[C@@H](O)[C@H](O)[C@H](O)CO.[Ca+2].[Na+]. The van der Waals surface area contributed by atoms with Crippen molar-refractivity contribution >= 4 is 55.6 Å². The Labute approximate surface area is 282 Å². The fraction of sp³-hybridized carbons (Fsp3) is 0.833. The van der Waals surface area contributed by atoms with Crippen molar-refractivity contribution in [3.05, 3.63) is 0 Å². The van der Waals surface area contributed by atoms with E-state index < -0.39 is 111 Å². The third kappa shape index (κ3) is 19.9. The molecule has 12 atom stereocenters. The van der Waals surface area contributed by atoms with Gasteiger partial charge >= 0.3 is 67.3 Å². The van der Waals surface area contributed by atoms with Crippen molar-refractivity contribution in [2.45, 2.75) is 73.2 Å². The first-order valence-corrected chi connectivity index (χ1v) is 10.4. The Morgan fingerprint density at radius 2 is 0.561 bits per heavy atom. The third-order valence-electron chi connectivity index (χ3n) is 4.49. The van der Waals surface area contributed by atoms with E-state index in [0.29, 0.717) is 0 Å². The van der Waals surface area contributed by atoms with Crippen molar-refractivity contribution in [2.24, 2.45) is 0 Å². The minimum atomic E-state index is -2.31. The zero-order chi connectivity index (χ0) is 31.8. The molecule has 23 heteroatoms. The largest absolute Gasteiger partial charge is 2.00 e. The van der Waals surface area contributed by atoms with E-state index in [1.165, 1.54) is 0 Å². The second-order valence-corrected chi connectivity index (χ2v) is 7.48. The summed E-state index contributed by atoms with van der Waals surface area (Å²) in [6.45, 7) is -2.59. The van der Waals surface area contributed by atoms with Gasteiger partial charge in [-0.15, -0.1) is 0 Å². The summed E-state index contributed by atoms with van der Waals surface area (Å²) in [6.07, 6.45) is -24.2. The number of rotatable bonds is 15. The summed E-state index contributed by atoms with van der Waals surface area (Å²) in [5, 5.41) is 160. The Morgan fingerprint density at radius 3 is 0.659 bits per heavy atom. The summed E-state index contributed by atoms with van der Waals surface area (Å²) in [7, 11) is 0. The number of carboxylic acids is 3. The first-order valence-electron chi connectivity index (χ1n) is 10.4. The Morgan fingerprint density at radius 1 is 0.415 bits per heavy atom. The van der Waals surface area contributed by atoms with Crippen molar-refractivity contribution in [1.29, 1.82) is 0 Å². The van der Waals surface area contributed by atoms with E-state index in [9.17, 15) is 29.7 Å². The average molecular weight is 649 g/mol. The number of aliphatic hydroxyl groups excluding tert-OH is 15. The van der Waals surface area contributed by atoms with E-state index in [1.54, 1.807) is 0 Å². The van der Waals surface area contributed by atoms with Gasteiger partial charge in [-0.1, -0.05) is 0 Å². The van der Waals surface area contributed by atoms with Gasteiger partial charge in [-0.3, -0.25) is 0 Å². The summed E-state index contributed by atoms with van der Waals surface area (Å²) in [5.74, 6) is -5.93. The van der Waals surface area contributed by atoms with Gasteiger partial charge in [0.1, 0.15) is 73.2 Å².